The van der Waals surface area contributed by atoms with Gasteiger partial charge in [0, 0.05) is 10.9 Å². The molecule has 0 amide bonds. The van der Waals surface area contributed by atoms with Gasteiger partial charge in [-0.2, -0.15) is 0 Å². The van der Waals surface area contributed by atoms with E-state index >= 15 is 0 Å². The maximum absolute atomic E-state index is 3.68. The number of nitrogens with one attached hydrogen (secondary N) is 1. The van der Waals surface area contributed by atoms with Crippen molar-refractivity contribution in [1.82, 2.24) is 5.32 Å². The van der Waals surface area contributed by atoms with Gasteiger partial charge in [0.25, 0.3) is 0 Å². The van der Waals surface area contributed by atoms with E-state index < -0.39 is 0 Å². The first-order chi connectivity index (χ1) is 7.33. The third-order valence-corrected chi connectivity index (χ3v) is 3.94. The van der Waals surface area contributed by atoms with Crippen LogP contribution in [0.3, 0.4) is 0 Å². The molecule has 0 saturated carbocycles. The quantitative estimate of drug-likeness (QED) is 0.732. The Morgan fingerprint density at radius 3 is 2.47 bits per heavy atom. The molecule has 2 heteroatoms. The minimum absolute atomic E-state index is 0.569. The van der Waals surface area contributed by atoms with E-state index in [2.05, 4.69) is 43.6 Å². The second kappa shape index (κ2) is 7.02. The zero-order valence-corrected chi connectivity index (χ0v) is 10.9. The molecule has 1 N–H and O–H groups in total. The molecule has 0 aliphatic heterocycles. The molecule has 0 radical (unpaired) electrons. The van der Waals surface area contributed by atoms with Gasteiger partial charge in [-0.1, -0.05) is 39.7 Å². The van der Waals surface area contributed by atoms with E-state index in [0.717, 1.165) is 12.5 Å². The predicted octanol–water partition coefficient (Wildman–Crippen LogP) is 4.23. The summed E-state index contributed by atoms with van der Waals surface area (Å²) in [7, 11) is 0. The van der Waals surface area contributed by atoms with E-state index in [9.17, 15) is 0 Å². The van der Waals surface area contributed by atoms with Gasteiger partial charge < -0.3 is 5.32 Å². The summed E-state index contributed by atoms with van der Waals surface area (Å²) < 4.78 is 0. The summed E-state index contributed by atoms with van der Waals surface area (Å²) in [5.41, 5.74) is 0. The minimum atomic E-state index is 0.569. The van der Waals surface area contributed by atoms with Crippen LogP contribution in [0, 0.1) is 5.92 Å². The van der Waals surface area contributed by atoms with Crippen LogP contribution < -0.4 is 5.32 Å². The summed E-state index contributed by atoms with van der Waals surface area (Å²) in [5.74, 6) is 0.773. The normalized spacial score (nSPS) is 13.3. The molecule has 0 spiro atoms. The smallest absolute Gasteiger partial charge is 0.0443 e. The van der Waals surface area contributed by atoms with Crippen molar-refractivity contribution < 1.29 is 0 Å². The molecular weight excluding hydrogens is 202 g/mol. The summed E-state index contributed by atoms with van der Waals surface area (Å²) in [6.45, 7) is 7.94. The predicted molar refractivity (Wildman–Crippen MR) is 69.4 cm³/mol. The highest BCUT2D eigenvalue weighted by molar-refractivity contribution is 7.10. The van der Waals surface area contributed by atoms with Crippen LogP contribution >= 0.6 is 11.3 Å². The lowest BCUT2D eigenvalue weighted by Gasteiger charge is -2.25. The van der Waals surface area contributed by atoms with Gasteiger partial charge in [-0.25, -0.2) is 0 Å². The third kappa shape index (κ3) is 3.62. The zero-order valence-electron chi connectivity index (χ0n) is 10.1. The van der Waals surface area contributed by atoms with Crippen LogP contribution in [0.1, 0.15) is 51.0 Å². The van der Waals surface area contributed by atoms with E-state index in [4.69, 9.17) is 0 Å². The third-order valence-electron chi connectivity index (χ3n) is 2.98. The Morgan fingerprint density at radius 2 is 2.00 bits per heavy atom. The van der Waals surface area contributed by atoms with E-state index in [1.54, 1.807) is 0 Å². The van der Waals surface area contributed by atoms with Crippen molar-refractivity contribution in [3.63, 3.8) is 0 Å². The van der Waals surface area contributed by atoms with Crippen LogP contribution in [-0.2, 0) is 0 Å². The molecule has 0 bridgehead atoms. The maximum Gasteiger partial charge on any atom is 0.0443 e. The van der Waals surface area contributed by atoms with Crippen molar-refractivity contribution in [2.75, 3.05) is 6.54 Å². The molecule has 1 atom stereocenters. The van der Waals surface area contributed by atoms with Gasteiger partial charge in [0.15, 0.2) is 0 Å². The first kappa shape index (κ1) is 12.7. The van der Waals surface area contributed by atoms with Crippen LogP contribution in [0.25, 0.3) is 0 Å². The number of thiophene rings is 1. The molecular formula is C13H23NS. The molecule has 1 unspecified atom stereocenters. The number of rotatable bonds is 7. The Kier molecular flexibility index (Phi) is 5.96. The first-order valence-corrected chi connectivity index (χ1v) is 6.98. The molecule has 1 nitrogen and oxygen atoms in total. The van der Waals surface area contributed by atoms with Crippen molar-refractivity contribution in [2.45, 2.75) is 46.1 Å². The molecule has 1 heterocycles. The summed E-state index contributed by atoms with van der Waals surface area (Å²) in [4.78, 5) is 1.50. The van der Waals surface area contributed by atoms with Crippen molar-refractivity contribution in [1.29, 1.82) is 0 Å². The fourth-order valence-electron chi connectivity index (χ4n) is 2.03. The van der Waals surface area contributed by atoms with Gasteiger partial charge >= 0.3 is 0 Å². The molecule has 86 valence electrons. The second-order valence-corrected chi connectivity index (χ2v) is 5.00. The van der Waals surface area contributed by atoms with Crippen LogP contribution in [-0.4, -0.2) is 6.54 Å². The molecule has 0 saturated heterocycles. The first-order valence-electron chi connectivity index (χ1n) is 6.10. The van der Waals surface area contributed by atoms with Crippen LogP contribution in [0.5, 0.6) is 0 Å². The fourth-order valence-corrected chi connectivity index (χ4v) is 2.92. The van der Waals surface area contributed by atoms with E-state index in [1.165, 1.54) is 24.1 Å². The van der Waals surface area contributed by atoms with Gasteiger partial charge in [0.05, 0.1) is 0 Å². The largest absolute Gasteiger partial charge is 0.309 e. The molecule has 1 rings (SSSR count). The standard InChI is InChI=1S/C13H23NS/c1-4-9-14-13(11(5-2)6-3)12-8-7-10-15-12/h7-8,10-11,13-14H,4-6,9H2,1-3H3. The Morgan fingerprint density at radius 1 is 1.27 bits per heavy atom. The highest BCUT2D eigenvalue weighted by atomic mass is 32.1. The maximum atomic E-state index is 3.68. The van der Waals surface area contributed by atoms with Crippen molar-refractivity contribution >= 4 is 11.3 Å². The number of hydrogen-bond acceptors (Lipinski definition) is 2. The Bertz CT molecular complexity index is 239. The topological polar surface area (TPSA) is 12.0 Å². The lowest BCUT2D eigenvalue weighted by Crippen LogP contribution is -2.27. The SMILES string of the molecule is CCCNC(c1cccs1)C(CC)CC. The molecule has 15 heavy (non-hydrogen) atoms. The minimum Gasteiger partial charge on any atom is -0.309 e. The zero-order chi connectivity index (χ0) is 11.1. The van der Waals surface area contributed by atoms with Crippen LogP contribution in [0.15, 0.2) is 17.5 Å². The summed E-state index contributed by atoms with van der Waals surface area (Å²) >= 11 is 1.88. The van der Waals surface area contributed by atoms with Crippen LogP contribution in [0.4, 0.5) is 0 Å². The van der Waals surface area contributed by atoms with Gasteiger partial charge in [0.1, 0.15) is 0 Å². The molecule has 0 aromatic carbocycles. The fraction of sp³-hybridized carbons (Fsp3) is 0.692. The lowest BCUT2D eigenvalue weighted by atomic mass is 9.93. The monoisotopic (exact) mass is 225 g/mol. The van der Waals surface area contributed by atoms with Crippen molar-refractivity contribution in [2.24, 2.45) is 5.92 Å². The molecule has 1 aromatic rings. The molecule has 0 fully saturated rings. The Balaban J connectivity index is 2.68. The van der Waals surface area contributed by atoms with E-state index in [1.807, 2.05) is 11.3 Å². The Labute approximate surface area is 97.9 Å². The van der Waals surface area contributed by atoms with Gasteiger partial charge in [-0.15, -0.1) is 11.3 Å². The molecule has 0 aliphatic rings. The van der Waals surface area contributed by atoms with Crippen molar-refractivity contribution in [3.05, 3.63) is 22.4 Å². The average molecular weight is 225 g/mol. The van der Waals surface area contributed by atoms with Gasteiger partial charge in [-0.05, 0) is 30.3 Å². The van der Waals surface area contributed by atoms with Gasteiger partial charge in [-0.3, -0.25) is 0 Å². The highest BCUT2D eigenvalue weighted by Crippen LogP contribution is 2.30. The van der Waals surface area contributed by atoms with Crippen molar-refractivity contribution in [3.8, 4) is 0 Å². The average Bonchev–Trinajstić information content (AvgIpc) is 2.77. The summed E-state index contributed by atoms with van der Waals surface area (Å²) in [6, 6.07) is 4.99. The van der Waals surface area contributed by atoms with Gasteiger partial charge in [0.2, 0.25) is 0 Å². The van der Waals surface area contributed by atoms with Crippen LogP contribution in [0.2, 0.25) is 0 Å². The summed E-state index contributed by atoms with van der Waals surface area (Å²) in [6.07, 6.45) is 3.73. The Hall–Kier alpha value is -0.340. The molecule has 0 aliphatic carbocycles. The number of hydrogen-bond donors (Lipinski definition) is 1. The van der Waals surface area contributed by atoms with E-state index in [0.29, 0.717) is 6.04 Å². The lowest BCUT2D eigenvalue weighted by molar-refractivity contribution is 0.346. The molecule has 1 aromatic heterocycles. The highest BCUT2D eigenvalue weighted by Gasteiger charge is 2.20. The summed E-state index contributed by atoms with van der Waals surface area (Å²) in [5, 5.41) is 5.86. The second-order valence-electron chi connectivity index (χ2n) is 4.02. The van der Waals surface area contributed by atoms with E-state index in [-0.39, 0.29) is 0 Å².